The van der Waals surface area contributed by atoms with Gasteiger partial charge in [-0.2, -0.15) is 5.10 Å². The molecule has 4 aromatic rings. The van der Waals surface area contributed by atoms with Crippen LogP contribution < -0.4 is 10.2 Å². The fourth-order valence-corrected chi connectivity index (χ4v) is 3.76. The molecular weight excluding hydrogens is 441 g/mol. The van der Waals surface area contributed by atoms with Gasteiger partial charge in [-0.25, -0.2) is 9.82 Å². The third-order valence-corrected chi connectivity index (χ3v) is 5.56. The van der Waals surface area contributed by atoms with Crippen LogP contribution in [-0.4, -0.2) is 39.7 Å². The number of nitrogens with zero attached hydrogens (tertiary/aromatic N) is 4. The predicted octanol–water partition coefficient (Wildman–Crippen LogP) is 4.32. The average Bonchev–Trinajstić information content (AvgIpc) is 3.28. The Morgan fingerprint density at radius 3 is 2.52 bits per heavy atom. The maximum absolute atomic E-state index is 13.6. The smallest absolute Gasteiger partial charge is 0.250 e. The number of benzene rings is 3. The summed E-state index contributed by atoms with van der Waals surface area (Å²) in [6.07, 6.45) is 1.27. The van der Waals surface area contributed by atoms with Crippen LogP contribution in [0.5, 0.6) is 5.75 Å². The Kier molecular flexibility index (Phi) is 7.11. The lowest BCUT2D eigenvalue weighted by Gasteiger charge is -2.10. The number of rotatable bonds is 8. The first-order chi connectivity index (χ1) is 16.2. The van der Waals surface area contributed by atoms with Crippen LogP contribution in [0.1, 0.15) is 5.56 Å². The summed E-state index contributed by atoms with van der Waals surface area (Å²) in [6.45, 7) is 0. The third kappa shape index (κ3) is 5.45. The molecule has 0 aliphatic rings. The fraction of sp³-hybridized carbons (Fsp3) is 0.0833. The monoisotopic (exact) mass is 461 g/mol. The van der Waals surface area contributed by atoms with Gasteiger partial charge in [-0.15, -0.1) is 10.2 Å². The van der Waals surface area contributed by atoms with E-state index < -0.39 is 5.82 Å². The Bertz CT molecular complexity index is 1260. The molecule has 33 heavy (non-hydrogen) atoms. The van der Waals surface area contributed by atoms with Crippen LogP contribution in [0.3, 0.4) is 0 Å². The van der Waals surface area contributed by atoms with Gasteiger partial charge in [0.2, 0.25) is 0 Å². The number of hydrogen-bond donors (Lipinski definition) is 1. The normalized spacial score (nSPS) is 11.0. The molecule has 166 valence electrons. The molecule has 3 aromatic carbocycles. The highest BCUT2D eigenvalue weighted by Gasteiger charge is 2.17. The Balaban J connectivity index is 1.51. The lowest BCUT2D eigenvalue weighted by atomic mass is 10.2. The Morgan fingerprint density at radius 1 is 1.06 bits per heavy atom. The number of amides is 1. The molecule has 9 heteroatoms. The minimum atomic E-state index is -0.410. The molecule has 0 radical (unpaired) electrons. The first-order valence-corrected chi connectivity index (χ1v) is 11.0. The second-order valence-electron chi connectivity index (χ2n) is 6.81. The van der Waals surface area contributed by atoms with Crippen LogP contribution in [0.2, 0.25) is 0 Å². The predicted molar refractivity (Wildman–Crippen MR) is 126 cm³/mol. The molecule has 1 N–H and O–H groups in total. The van der Waals surface area contributed by atoms with Crippen LogP contribution in [-0.2, 0) is 4.79 Å². The van der Waals surface area contributed by atoms with Crippen molar-refractivity contribution in [2.45, 2.75) is 5.16 Å². The summed E-state index contributed by atoms with van der Waals surface area (Å²) in [5, 5.41) is 13.0. The van der Waals surface area contributed by atoms with Crippen molar-refractivity contribution in [3.63, 3.8) is 0 Å². The number of aromatic nitrogens is 3. The summed E-state index contributed by atoms with van der Waals surface area (Å²) in [5.74, 6) is 0.687. The number of hydrogen-bond acceptors (Lipinski definition) is 6. The van der Waals surface area contributed by atoms with Crippen molar-refractivity contribution in [2.75, 3.05) is 12.9 Å². The van der Waals surface area contributed by atoms with Gasteiger partial charge in [0, 0.05) is 16.8 Å². The van der Waals surface area contributed by atoms with E-state index in [0.29, 0.717) is 16.5 Å². The Morgan fingerprint density at radius 2 is 1.79 bits per heavy atom. The SMILES string of the molecule is COc1ccc(-c2nnc(SCC(=O)NN=Cc3ccccc3F)n2-c2ccccc2)cc1. The van der Waals surface area contributed by atoms with E-state index in [1.807, 2.05) is 59.2 Å². The average molecular weight is 462 g/mol. The van der Waals surface area contributed by atoms with Crippen molar-refractivity contribution < 1.29 is 13.9 Å². The van der Waals surface area contributed by atoms with Crippen molar-refractivity contribution in [3.8, 4) is 22.8 Å². The van der Waals surface area contributed by atoms with Gasteiger partial charge in [0.25, 0.3) is 5.91 Å². The molecule has 7 nitrogen and oxygen atoms in total. The van der Waals surface area contributed by atoms with E-state index in [2.05, 4.69) is 20.7 Å². The number of carbonyl (C=O) groups is 1. The molecule has 4 rings (SSSR count). The van der Waals surface area contributed by atoms with Gasteiger partial charge >= 0.3 is 0 Å². The summed E-state index contributed by atoms with van der Waals surface area (Å²) in [5.41, 5.74) is 4.43. The lowest BCUT2D eigenvalue weighted by Crippen LogP contribution is -2.20. The van der Waals surface area contributed by atoms with E-state index in [1.165, 1.54) is 24.0 Å². The minimum Gasteiger partial charge on any atom is -0.497 e. The van der Waals surface area contributed by atoms with Crippen LogP contribution >= 0.6 is 11.8 Å². The molecular formula is C24H20FN5O2S. The van der Waals surface area contributed by atoms with Gasteiger partial charge in [0.05, 0.1) is 19.1 Å². The van der Waals surface area contributed by atoms with Crippen molar-refractivity contribution in [1.29, 1.82) is 0 Å². The molecule has 1 aromatic heterocycles. The number of nitrogens with one attached hydrogen (secondary N) is 1. The van der Waals surface area contributed by atoms with Crippen LogP contribution in [0.4, 0.5) is 4.39 Å². The zero-order chi connectivity index (χ0) is 23.0. The standard InChI is InChI=1S/C24H20FN5O2S/c1-32-20-13-11-17(12-14-20)23-28-29-24(30(23)19-8-3-2-4-9-19)33-16-22(31)27-26-15-18-7-5-6-10-21(18)25/h2-15H,16H2,1H3,(H,27,31). The van der Waals surface area contributed by atoms with E-state index in [1.54, 1.807) is 25.3 Å². The molecule has 0 spiro atoms. The zero-order valence-corrected chi connectivity index (χ0v) is 18.5. The molecule has 0 saturated carbocycles. The number of thioether (sulfide) groups is 1. The fourth-order valence-electron chi connectivity index (χ4n) is 3.02. The van der Waals surface area contributed by atoms with Crippen molar-refractivity contribution in [3.05, 3.63) is 90.2 Å². The first kappa shape index (κ1) is 22.2. The van der Waals surface area contributed by atoms with Gasteiger partial charge in [-0.3, -0.25) is 9.36 Å². The maximum atomic E-state index is 13.6. The summed E-state index contributed by atoms with van der Waals surface area (Å²) < 4.78 is 20.8. The summed E-state index contributed by atoms with van der Waals surface area (Å²) in [6, 6.07) is 23.4. The molecule has 0 atom stereocenters. The van der Waals surface area contributed by atoms with E-state index in [0.717, 1.165) is 17.0 Å². The van der Waals surface area contributed by atoms with E-state index in [-0.39, 0.29) is 11.7 Å². The van der Waals surface area contributed by atoms with Gasteiger partial charge < -0.3 is 4.74 Å². The van der Waals surface area contributed by atoms with E-state index in [9.17, 15) is 9.18 Å². The first-order valence-electron chi connectivity index (χ1n) is 10.00. The molecule has 0 fully saturated rings. The topological polar surface area (TPSA) is 81.4 Å². The highest BCUT2D eigenvalue weighted by molar-refractivity contribution is 7.99. The number of para-hydroxylation sites is 1. The molecule has 0 aliphatic heterocycles. The molecule has 0 saturated heterocycles. The summed E-state index contributed by atoms with van der Waals surface area (Å²) in [7, 11) is 1.61. The van der Waals surface area contributed by atoms with Gasteiger partial charge in [0.1, 0.15) is 11.6 Å². The highest BCUT2D eigenvalue weighted by Crippen LogP contribution is 2.28. The Hall–Kier alpha value is -3.98. The molecule has 0 bridgehead atoms. The lowest BCUT2D eigenvalue weighted by molar-refractivity contribution is -0.118. The number of ether oxygens (including phenoxy) is 1. The van der Waals surface area contributed by atoms with Crippen molar-refractivity contribution in [2.24, 2.45) is 5.10 Å². The number of carbonyl (C=O) groups excluding carboxylic acids is 1. The maximum Gasteiger partial charge on any atom is 0.250 e. The molecule has 0 aliphatic carbocycles. The second kappa shape index (κ2) is 10.6. The second-order valence-corrected chi connectivity index (χ2v) is 7.75. The van der Waals surface area contributed by atoms with Crippen LogP contribution in [0.15, 0.2) is 89.1 Å². The summed E-state index contributed by atoms with van der Waals surface area (Å²) >= 11 is 1.23. The zero-order valence-electron chi connectivity index (χ0n) is 17.7. The van der Waals surface area contributed by atoms with Crippen molar-refractivity contribution >= 4 is 23.9 Å². The molecule has 1 heterocycles. The van der Waals surface area contributed by atoms with Crippen LogP contribution in [0.25, 0.3) is 17.1 Å². The third-order valence-electron chi connectivity index (χ3n) is 4.63. The molecule has 1 amide bonds. The van der Waals surface area contributed by atoms with E-state index >= 15 is 0 Å². The largest absolute Gasteiger partial charge is 0.497 e. The van der Waals surface area contributed by atoms with Crippen molar-refractivity contribution in [1.82, 2.24) is 20.2 Å². The van der Waals surface area contributed by atoms with Gasteiger partial charge in [0.15, 0.2) is 11.0 Å². The molecule has 0 unspecified atom stereocenters. The number of halogens is 1. The highest BCUT2D eigenvalue weighted by atomic mass is 32.2. The van der Waals surface area contributed by atoms with Gasteiger partial charge in [-0.1, -0.05) is 48.2 Å². The number of hydrazone groups is 1. The number of methoxy groups -OCH3 is 1. The summed E-state index contributed by atoms with van der Waals surface area (Å²) in [4.78, 5) is 12.3. The van der Waals surface area contributed by atoms with Gasteiger partial charge in [-0.05, 0) is 42.5 Å². The Labute approximate surface area is 194 Å². The van der Waals surface area contributed by atoms with Crippen LogP contribution in [0, 0.1) is 5.82 Å². The minimum absolute atomic E-state index is 0.0577. The van der Waals surface area contributed by atoms with E-state index in [4.69, 9.17) is 4.74 Å². The quantitative estimate of drug-likeness (QED) is 0.240.